The van der Waals surface area contributed by atoms with Crippen LogP contribution >= 0.6 is 0 Å². The number of ether oxygens (including phenoxy) is 1. The smallest absolute Gasteiger partial charge is 0.307 e. The Kier molecular flexibility index (Phi) is 5.56. The minimum absolute atomic E-state index is 0.229. The van der Waals surface area contributed by atoms with E-state index in [0.29, 0.717) is 6.42 Å². The zero-order chi connectivity index (χ0) is 16.9. The first-order valence-corrected chi connectivity index (χ1v) is 7.95. The van der Waals surface area contributed by atoms with Gasteiger partial charge in [0.1, 0.15) is 5.60 Å². The number of carbonyl (C=O) groups is 1. The van der Waals surface area contributed by atoms with Gasteiger partial charge < -0.3 is 10.5 Å². The van der Waals surface area contributed by atoms with Gasteiger partial charge in [0.05, 0.1) is 6.42 Å². The molecule has 2 rings (SSSR count). The molecular weight excluding hydrogens is 286 g/mol. The van der Waals surface area contributed by atoms with E-state index in [1.165, 1.54) is 11.1 Å². The second-order valence-corrected chi connectivity index (χ2v) is 6.82. The first-order valence-electron chi connectivity index (χ1n) is 7.95. The number of benzene rings is 2. The van der Waals surface area contributed by atoms with Gasteiger partial charge in [-0.2, -0.15) is 0 Å². The average molecular weight is 311 g/mol. The number of carbonyl (C=O) groups excluding carboxylic acids is 1. The molecule has 0 radical (unpaired) electrons. The lowest BCUT2D eigenvalue weighted by Gasteiger charge is -2.21. The standard InChI is InChI=1S/C20H25NO2/c1-20(2,3)23-19(22)14-18(21)13-15-9-11-17(12-10-15)16-7-5-4-6-8-16/h4-12,18H,13-14,21H2,1-3H3. The third kappa shape index (κ3) is 5.87. The summed E-state index contributed by atoms with van der Waals surface area (Å²) in [5, 5.41) is 0. The van der Waals surface area contributed by atoms with E-state index in [4.69, 9.17) is 10.5 Å². The van der Waals surface area contributed by atoms with E-state index in [1.807, 2.05) is 39.0 Å². The molecular formula is C20H25NO2. The summed E-state index contributed by atoms with van der Waals surface area (Å²) in [6.07, 6.45) is 0.895. The molecule has 0 spiro atoms. The van der Waals surface area contributed by atoms with Crippen molar-refractivity contribution in [3.8, 4) is 11.1 Å². The van der Waals surface area contributed by atoms with Crippen molar-refractivity contribution in [2.45, 2.75) is 45.3 Å². The van der Waals surface area contributed by atoms with Crippen LogP contribution in [0.2, 0.25) is 0 Å². The lowest BCUT2D eigenvalue weighted by Crippen LogP contribution is -2.31. The van der Waals surface area contributed by atoms with E-state index < -0.39 is 5.60 Å². The summed E-state index contributed by atoms with van der Waals surface area (Å²) in [7, 11) is 0. The zero-order valence-corrected chi connectivity index (χ0v) is 14.1. The fourth-order valence-electron chi connectivity index (χ4n) is 2.44. The number of nitrogens with two attached hydrogens (primary N) is 1. The predicted molar refractivity (Wildman–Crippen MR) is 94.0 cm³/mol. The lowest BCUT2D eigenvalue weighted by atomic mass is 10.00. The molecule has 122 valence electrons. The third-order valence-electron chi connectivity index (χ3n) is 3.41. The largest absolute Gasteiger partial charge is 0.460 e. The van der Waals surface area contributed by atoms with Gasteiger partial charge in [0, 0.05) is 6.04 Å². The van der Waals surface area contributed by atoms with Crippen molar-refractivity contribution in [1.29, 1.82) is 0 Å². The minimum atomic E-state index is -0.464. The molecule has 3 heteroatoms. The highest BCUT2D eigenvalue weighted by Crippen LogP contribution is 2.20. The van der Waals surface area contributed by atoms with Gasteiger partial charge >= 0.3 is 5.97 Å². The summed E-state index contributed by atoms with van der Waals surface area (Å²) in [5.41, 5.74) is 9.10. The van der Waals surface area contributed by atoms with Crippen molar-refractivity contribution >= 4 is 5.97 Å². The molecule has 0 aliphatic carbocycles. The van der Waals surface area contributed by atoms with Gasteiger partial charge in [0.15, 0.2) is 0 Å². The van der Waals surface area contributed by atoms with E-state index in [9.17, 15) is 4.79 Å². The molecule has 0 saturated carbocycles. The molecule has 0 aromatic heterocycles. The van der Waals surface area contributed by atoms with Crippen LogP contribution in [-0.2, 0) is 16.0 Å². The summed E-state index contributed by atoms with van der Waals surface area (Å²) in [5.74, 6) is -0.245. The fraction of sp³-hybridized carbons (Fsp3) is 0.350. The molecule has 0 aliphatic heterocycles. The van der Waals surface area contributed by atoms with Crippen molar-refractivity contribution in [2.24, 2.45) is 5.73 Å². The van der Waals surface area contributed by atoms with Gasteiger partial charge in [-0.15, -0.1) is 0 Å². The van der Waals surface area contributed by atoms with Gasteiger partial charge in [0.25, 0.3) is 0 Å². The maximum Gasteiger partial charge on any atom is 0.307 e. The van der Waals surface area contributed by atoms with Crippen molar-refractivity contribution in [1.82, 2.24) is 0 Å². The van der Waals surface area contributed by atoms with E-state index in [-0.39, 0.29) is 18.4 Å². The summed E-state index contributed by atoms with van der Waals surface area (Å²) < 4.78 is 5.30. The number of hydrogen-bond acceptors (Lipinski definition) is 3. The van der Waals surface area contributed by atoms with E-state index >= 15 is 0 Å². The Hall–Kier alpha value is -2.13. The summed E-state index contributed by atoms with van der Waals surface area (Å²) in [6.45, 7) is 5.58. The molecule has 0 saturated heterocycles. The van der Waals surface area contributed by atoms with Crippen LogP contribution in [0.15, 0.2) is 54.6 Å². The number of rotatable bonds is 5. The van der Waals surface area contributed by atoms with Gasteiger partial charge in [-0.1, -0.05) is 54.6 Å². The molecule has 0 amide bonds. The monoisotopic (exact) mass is 311 g/mol. The maximum absolute atomic E-state index is 11.8. The Morgan fingerprint density at radius 2 is 1.57 bits per heavy atom. The van der Waals surface area contributed by atoms with Crippen LogP contribution in [0.1, 0.15) is 32.8 Å². The molecule has 1 unspecified atom stereocenters. The van der Waals surface area contributed by atoms with Gasteiger partial charge in [-0.05, 0) is 43.9 Å². The zero-order valence-electron chi connectivity index (χ0n) is 14.1. The highest BCUT2D eigenvalue weighted by molar-refractivity contribution is 5.70. The molecule has 23 heavy (non-hydrogen) atoms. The fourth-order valence-corrected chi connectivity index (χ4v) is 2.44. The molecule has 2 aromatic rings. The van der Waals surface area contributed by atoms with Crippen LogP contribution in [0.4, 0.5) is 0 Å². The van der Waals surface area contributed by atoms with E-state index in [1.54, 1.807) is 0 Å². The summed E-state index contributed by atoms with van der Waals surface area (Å²) in [6, 6.07) is 18.3. The quantitative estimate of drug-likeness (QED) is 0.851. The van der Waals surface area contributed by atoms with Crippen molar-refractivity contribution in [3.63, 3.8) is 0 Å². The van der Waals surface area contributed by atoms with Crippen LogP contribution in [0.25, 0.3) is 11.1 Å². The number of esters is 1. The topological polar surface area (TPSA) is 52.3 Å². The van der Waals surface area contributed by atoms with Gasteiger partial charge in [-0.25, -0.2) is 0 Å². The molecule has 2 N–H and O–H groups in total. The first-order chi connectivity index (χ1) is 10.8. The Labute approximate surface area is 138 Å². The maximum atomic E-state index is 11.8. The van der Waals surface area contributed by atoms with Crippen LogP contribution < -0.4 is 5.73 Å². The molecule has 0 heterocycles. The molecule has 0 aliphatic rings. The van der Waals surface area contributed by atoms with E-state index in [0.717, 1.165) is 5.56 Å². The van der Waals surface area contributed by atoms with Gasteiger partial charge in [0.2, 0.25) is 0 Å². The molecule has 1 atom stereocenters. The second-order valence-electron chi connectivity index (χ2n) is 6.82. The Bertz CT molecular complexity index is 627. The van der Waals surface area contributed by atoms with Crippen molar-refractivity contribution in [2.75, 3.05) is 0 Å². The van der Waals surface area contributed by atoms with Crippen LogP contribution in [0.3, 0.4) is 0 Å². The lowest BCUT2D eigenvalue weighted by molar-refractivity contribution is -0.155. The normalized spacial score (nSPS) is 12.7. The molecule has 0 bridgehead atoms. The Balaban J connectivity index is 1.92. The summed E-state index contributed by atoms with van der Waals surface area (Å²) in [4.78, 5) is 11.8. The molecule has 0 fully saturated rings. The third-order valence-corrected chi connectivity index (χ3v) is 3.41. The Morgan fingerprint density at radius 1 is 1.00 bits per heavy atom. The highest BCUT2D eigenvalue weighted by Gasteiger charge is 2.18. The van der Waals surface area contributed by atoms with Crippen molar-refractivity contribution in [3.05, 3.63) is 60.2 Å². The van der Waals surface area contributed by atoms with Crippen LogP contribution in [0, 0.1) is 0 Å². The summed E-state index contributed by atoms with van der Waals surface area (Å²) >= 11 is 0. The highest BCUT2D eigenvalue weighted by atomic mass is 16.6. The molecule has 2 aromatic carbocycles. The number of hydrogen-bond donors (Lipinski definition) is 1. The minimum Gasteiger partial charge on any atom is -0.460 e. The van der Waals surface area contributed by atoms with Crippen LogP contribution in [0.5, 0.6) is 0 Å². The second kappa shape index (κ2) is 7.42. The van der Waals surface area contributed by atoms with Crippen molar-refractivity contribution < 1.29 is 9.53 Å². The SMILES string of the molecule is CC(C)(C)OC(=O)CC(N)Cc1ccc(-c2ccccc2)cc1. The van der Waals surface area contributed by atoms with Crippen LogP contribution in [-0.4, -0.2) is 17.6 Å². The molecule has 3 nitrogen and oxygen atoms in total. The Morgan fingerprint density at radius 3 is 2.13 bits per heavy atom. The predicted octanol–water partition coefficient (Wildman–Crippen LogP) is 3.96. The van der Waals surface area contributed by atoms with E-state index in [2.05, 4.69) is 36.4 Å². The van der Waals surface area contributed by atoms with Gasteiger partial charge in [-0.3, -0.25) is 4.79 Å². The first kappa shape index (κ1) is 17.2. The average Bonchev–Trinajstić information content (AvgIpc) is 2.46.